The molecule has 0 aromatic carbocycles. The zero-order valence-corrected chi connectivity index (χ0v) is 14.1. The highest BCUT2D eigenvalue weighted by Gasteiger charge is 2.14. The van der Waals surface area contributed by atoms with Crippen LogP contribution in [0.2, 0.25) is 0 Å². The fourth-order valence-corrected chi connectivity index (χ4v) is 2.62. The lowest BCUT2D eigenvalue weighted by Crippen LogP contribution is -2.31. The molecule has 0 spiro atoms. The second-order valence-electron chi connectivity index (χ2n) is 5.27. The lowest BCUT2D eigenvalue weighted by molar-refractivity contribution is 0.300. The summed E-state index contributed by atoms with van der Waals surface area (Å²) in [6.45, 7) is 14.1. The largest absolute Gasteiger partial charge is 0.383 e. The van der Waals surface area contributed by atoms with E-state index >= 15 is 0 Å². The standard InChI is InChI=1S/C16H31N5/c1-5-10-14-15(17)18-13-19-16(14)21(8-4)12-9-11-20(6-2)7-3/h13H,5-12H2,1-4H3,(H2,17,18,19). The summed E-state index contributed by atoms with van der Waals surface area (Å²) >= 11 is 0. The number of nitrogens with zero attached hydrogens (tertiary/aromatic N) is 4. The molecule has 0 aliphatic heterocycles. The number of hydrogen-bond donors (Lipinski definition) is 1. The van der Waals surface area contributed by atoms with Gasteiger partial charge in [0.05, 0.1) is 0 Å². The lowest BCUT2D eigenvalue weighted by Gasteiger charge is -2.26. The monoisotopic (exact) mass is 293 g/mol. The van der Waals surface area contributed by atoms with E-state index < -0.39 is 0 Å². The van der Waals surface area contributed by atoms with Gasteiger partial charge in [-0.2, -0.15) is 0 Å². The molecule has 0 fully saturated rings. The Balaban J connectivity index is 2.73. The van der Waals surface area contributed by atoms with Gasteiger partial charge in [0.25, 0.3) is 0 Å². The van der Waals surface area contributed by atoms with Crippen LogP contribution in [0, 0.1) is 0 Å². The Bertz CT molecular complexity index is 404. The van der Waals surface area contributed by atoms with Gasteiger partial charge in [0.2, 0.25) is 0 Å². The zero-order valence-electron chi connectivity index (χ0n) is 14.1. The molecule has 0 saturated heterocycles. The van der Waals surface area contributed by atoms with Gasteiger partial charge in [0.15, 0.2) is 0 Å². The van der Waals surface area contributed by atoms with E-state index in [-0.39, 0.29) is 0 Å². The molecule has 5 heteroatoms. The minimum Gasteiger partial charge on any atom is -0.383 e. The van der Waals surface area contributed by atoms with Crippen LogP contribution in [0.4, 0.5) is 11.6 Å². The van der Waals surface area contributed by atoms with Crippen LogP contribution in [0.15, 0.2) is 6.33 Å². The third kappa shape index (κ3) is 5.16. The Kier molecular flexibility index (Phi) is 8.05. The number of rotatable bonds is 10. The van der Waals surface area contributed by atoms with Crippen molar-refractivity contribution in [3.05, 3.63) is 11.9 Å². The van der Waals surface area contributed by atoms with Gasteiger partial charge in [0.1, 0.15) is 18.0 Å². The first-order valence-electron chi connectivity index (χ1n) is 8.24. The van der Waals surface area contributed by atoms with Gasteiger partial charge >= 0.3 is 0 Å². The van der Waals surface area contributed by atoms with E-state index in [1.165, 1.54) is 0 Å². The summed E-state index contributed by atoms with van der Waals surface area (Å²) < 4.78 is 0. The van der Waals surface area contributed by atoms with E-state index in [2.05, 4.69) is 47.5 Å². The summed E-state index contributed by atoms with van der Waals surface area (Å²) in [6.07, 6.45) is 4.72. The molecule has 0 unspecified atom stereocenters. The molecule has 1 heterocycles. The number of hydrogen-bond acceptors (Lipinski definition) is 5. The van der Waals surface area contributed by atoms with E-state index in [0.29, 0.717) is 5.82 Å². The maximum absolute atomic E-state index is 6.03. The van der Waals surface area contributed by atoms with Gasteiger partial charge in [0, 0.05) is 18.7 Å². The van der Waals surface area contributed by atoms with Crippen LogP contribution in [-0.4, -0.2) is 47.6 Å². The molecule has 0 saturated carbocycles. The lowest BCUT2D eigenvalue weighted by atomic mass is 10.1. The maximum Gasteiger partial charge on any atom is 0.137 e. The van der Waals surface area contributed by atoms with Gasteiger partial charge < -0.3 is 15.5 Å². The van der Waals surface area contributed by atoms with Crippen molar-refractivity contribution in [2.24, 2.45) is 0 Å². The molecule has 120 valence electrons. The highest BCUT2D eigenvalue weighted by Crippen LogP contribution is 2.23. The van der Waals surface area contributed by atoms with Crippen molar-refractivity contribution in [3.8, 4) is 0 Å². The molecule has 2 N–H and O–H groups in total. The second kappa shape index (κ2) is 9.55. The van der Waals surface area contributed by atoms with Crippen molar-refractivity contribution in [2.75, 3.05) is 43.4 Å². The van der Waals surface area contributed by atoms with Gasteiger partial charge in [-0.15, -0.1) is 0 Å². The molecule has 0 atom stereocenters. The first kappa shape index (κ1) is 17.7. The Morgan fingerprint density at radius 3 is 2.29 bits per heavy atom. The molecule has 21 heavy (non-hydrogen) atoms. The predicted octanol–water partition coefficient (Wildman–Crippen LogP) is 2.57. The molecule has 1 rings (SSSR count). The first-order valence-corrected chi connectivity index (χ1v) is 8.24. The molecule has 0 bridgehead atoms. The Morgan fingerprint density at radius 1 is 1.00 bits per heavy atom. The smallest absolute Gasteiger partial charge is 0.137 e. The van der Waals surface area contributed by atoms with Crippen molar-refractivity contribution < 1.29 is 0 Å². The molecule has 0 aliphatic rings. The van der Waals surface area contributed by atoms with Crippen molar-refractivity contribution >= 4 is 11.6 Å². The highest BCUT2D eigenvalue weighted by atomic mass is 15.2. The molecular formula is C16H31N5. The van der Waals surface area contributed by atoms with Crippen molar-refractivity contribution in [1.82, 2.24) is 14.9 Å². The van der Waals surface area contributed by atoms with E-state index in [4.69, 9.17) is 5.73 Å². The quantitative estimate of drug-likeness (QED) is 0.718. The molecule has 0 radical (unpaired) electrons. The Labute approximate surface area is 129 Å². The number of anilines is 2. The highest BCUT2D eigenvalue weighted by molar-refractivity contribution is 5.56. The van der Waals surface area contributed by atoms with Crippen LogP contribution in [0.5, 0.6) is 0 Å². The van der Waals surface area contributed by atoms with Crippen LogP contribution < -0.4 is 10.6 Å². The average molecular weight is 293 g/mol. The van der Waals surface area contributed by atoms with E-state index in [1.54, 1.807) is 6.33 Å². The minimum absolute atomic E-state index is 0.629. The van der Waals surface area contributed by atoms with Crippen molar-refractivity contribution in [1.29, 1.82) is 0 Å². The fourth-order valence-electron chi connectivity index (χ4n) is 2.62. The van der Waals surface area contributed by atoms with Gasteiger partial charge in [-0.1, -0.05) is 27.2 Å². The summed E-state index contributed by atoms with van der Waals surface area (Å²) in [6, 6.07) is 0. The molecular weight excluding hydrogens is 262 g/mol. The van der Waals surface area contributed by atoms with E-state index in [0.717, 1.165) is 63.4 Å². The predicted molar refractivity (Wildman–Crippen MR) is 90.7 cm³/mol. The molecule has 1 aromatic heterocycles. The average Bonchev–Trinajstić information content (AvgIpc) is 2.50. The third-order valence-electron chi connectivity index (χ3n) is 3.93. The van der Waals surface area contributed by atoms with Crippen LogP contribution in [-0.2, 0) is 6.42 Å². The molecule has 0 aliphatic carbocycles. The SMILES string of the molecule is CCCc1c(N)ncnc1N(CC)CCCN(CC)CC. The normalized spacial score (nSPS) is 11.1. The van der Waals surface area contributed by atoms with Crippen molar-refractivity contribution in [2.45, 2.75) is 47.0 Å². The summed E-state index contributed by atoms with van der Waals surface area (Å²) in [5, 5.41) is 0. The van der Waals surface area contributed by atoms with Crippen molar-refractivity contribution in [3.63, 3.8) is 0 Å². The summed E-state index contributed by atoms with van der Waals surface area (Å²) in [4.78, 5) is 13.4. The second-order valence-corrected chi connectivity index (χ2v) is 5.27. The minimum atomic E-state index is 0.629. The van der Waals surface area contributed by atoms with Gasteiger partial charge in [-0.25, -0.2) is 9.97 Å². The van der Waals surface area contributed by atoms with Crippen LogP contribution in [0.3, 0.4) is 0 Å². The third-order valence-corrected chi connectivity index (χ3v) is 3.93. The summed E-state index contributed by atoms with van der Waals surface area (Å²) in [7, 11) is 0. The van der Waals surface area contributed by atoms with Gasteiger partial charge in [-0.3, -0.25) is 0 Å². The maximum atomic E-state index is 6.03. The van der Waals surface area contributed by atoms with Crippen LogP contribution in [0.1, 0.15) is 46.1 Å². The number of nitrogens with two attached hydrogens (primary N) is 1. The first-order chi connectivity index (χ1) is 10.2. The van der Waals surface area contributed by atoms with Gasteiger partial charge in [-0.05, 0) is 39.4 Å². The topological polar surface area (TPSA) is 58.3 Å². The summed E-state index contributed by atoms with van der Waals surface area (Å²) in [5.74, 6) is 1.65. The van der Waals surface area contributed by atoms with Crippen LogP contribution >= 0.6 is 0 Å². The number of aromatic nitrogens is 2. The Hall–Kier alpha value is -1.36. The fraction of sp³-hybridized carbons (Fsp3) is 0.750. The Morgan fingerprint density at radius 2 is 1.71 bits per heavy atom. The molecule has 5 nitrogen and oxygen atoms in total. The molecule has 1 aromatic rings. The van der Waals surface area contributed by atoms with Crippen LogP contribution in [0.25, 0.3) is 0 Å². The van der Waals surface area contributed by atoms with E-state index in [9.17, 15) is 0 Å². The number of nitrogen functional groups attached to an aromatic ring is 1. The zero-order chi connectivity index (χ0) is 15.7. The van der Waals surface area contributed by atoms with E-state index in [1.807, 2.05) is 0 Å². The molecule has 0 amide bonds. The summed E-state index contributed by atoms with van der Waals surface area (Å²) in [5.41, 5.74) is 7.14.